The third-order valence-electron chi connectivity index (χ3n) is 4.89. The van der Waals surface area contributed by atoms with Crippen LogP contribution in [0.4, 0.5) is 11.6 Å². The van der Waals surface area contributed by atoms with Crippen LogP contribution in [-0.4, -0.2) is 34.9 Å². The normalized spacial score (nSPS) is 15.3. The molecule has 0 saturated carbocycles. The molecule has 0 spiro atoms. The van der Waals surface area contributed by atoms with Gasteiger partial charge in [0.1, 0.15) is 12.4 Å². The number of para-hydroxylation sites is 2. The third-order valence-corrected chi connectivity index (χ3v) is 5.22. The van der Waals surface area contributed by atoms with Gasteiger partial charge in [-0.3, -0.25) is 4.79 Å². The van der Waals surface area contributed by atoms with Gasteiger partial charge in [-0.15, -0.1) is 0 Å². The van der Waals surface area contributed by atoms with Crippen molar-refractivity contribution in [1.82, 2.24) is 14.8 Å². The molecule has 1 aliphatic rings. The molecule has 0 aliphatic carbocycles. The van der Waals surface area contributed by atoms with Crippen molar-refractivity contribution in [2.24, 2.45) is 0 Å². The van der Waals surface area contributed by atoms with Gasteiger partial charge in [0.15, 0.2) is 11.5 Å². The highest BCUT2D eigenvalue weighted by Gasteiger charge is 2.36. The van der Waals surface area contributed by atoms with Crippen molar-refractivity contribution >= 4 is 29.1 Å². The van der Waals surface area contributed by atoms with Crippen LogP contribution >= 0.6 is 11.6 Å². The number of hydrogen-bond donors (Lipinski definition) is 2. The maximum absolute atomic E-state index is 13.4. The standard InChI is InChI=1S/C21H20ClN5O3/c1-12-17(20(28)26-15-9-5-4-8-14(15)22)18(27-21(25-12)23-11-24-27)13-7-6-10-16(29-2)19(13)30-3/h4-11,18H,1-3H3,(H,26,28)(H,23,24,25). The highest BCUT2D eigenvalue weighted by Crippen LogP contribution is 2.42. The zero-order valence-electron chi connectivity index (χ0n) is 16.6. The molecule has 9 heteroatoms. The first-order chi connectivity index (χ1) is 14.5. The topological polar surface area (TPSA) is 90.3 Å². The quantitative estimate of drug-likeness (QED) is 0.644. The fourth-order valence-electron chi connectivity index (χ4n) is 3.55. The maximum atomic E-state index is 13.4. The lowest BCUT2D eigenvalue weighted by Gasteiger charge is -2.30. The Labute approximate surface area is 178 Å². The van der Waals surface area contributed by atoms with Crippen LogP contribution in [0.2, 0.25) is 5.02 Å². The van der Waals surface area contributed by atoms with Gasteiger partial charge in [0.05, 0.1) is 30.5 Å². The molecule has 0 fully saturated rings. The molecule has 154 valence electrons. The monoisotopic (exact) mass is 425 g/mol. The second kappa shape index (κ2) is 8.08. The van der Waals surface area contributed by atoms with Crippen LogP contribution in [0.3, 0.4) is 0 Å². The van der Waals surface area contributed by atoms with E-state index in [4.69, 9.17) is 21.1 Å². The molecule has 8 nitrogen and oxygen atoms in total. The van der Waals surface area contributed by atoms with Crippen molar-refractivity contribution < 1.29 is 14.3 Å². The van der Waals surface area contributed by atoms with Crippen molar-refractivity contribution in [2.75, 3.05) is 24.9 Å². The number of benzene rings is 2. The van der Waals surface area contributed by atoms with Gasteiger partial charge in [-0.05, 0) is 25.1 Å². The van der Waals surface area contributed by atoms with Gasteiger partial charge in [0.25, 0.3) is 5.91 Å². The first-order valence-corrected chi connectivity index (χ1v) is 9.57. The van der Waals surface area contributed by atoms with E-state index in [0.29, 0.717) is 45.0 Å². The minimum Gasteiger partial charge on any atom is -0.493 e. The number of fused-ring (bicyclic) bond motifs is 1. The molecule has 1 unspecified atom stereocenters. The van der Waals surface area contributed by atoms with Crippen LogP contribution < -0.4 is 20.1 Å². The van der Waals surface area contributed by atoms with E-state index in [2.05, 4.69) is 20.7 Å². The van der Waals surface area contributed by atoms with E-state index in [0.717, 1.165) is 0 Å². The van der Waals surface area contributed by atoms with Crippen LogP contribution in [-0.2, 0) is 4.79 Å². The number of anilines is 2. The summed E-state index contributed by atoms with van der Waals surface area (Å²) in [6.07, 6.45) is 1.43. The molecular weight excluding hydrogens is 406 g/mol. The zero-order chi connectivity index (χ0) is 21.3. The van der Waals surface area contributed by atoms with Crippen molar-refractivity contribution in [3.63, 3.8) is 0 Å². The summed E-state index contributed by atoms with van der Waals surface area (Å²) in [4.78, 5) is 17.7. The number of ether oxygens (including phenoxy) is 2. The summed E-state index contributed by atoms with van der Waals surface area (Å²) in [5.41, 5.74) is 2.34. The molecule has 1 atom stereocenters. The summed E-state index contributed by atoms with van der Waals surface area (Å²) >= 11 is 6.24. The lowest BCUT2D eigenvalue weighted by molar-refractivity contribution is -0.113. The molecule has 1 amide bonds. The molecule has 1 aromatic heterocycles. The summed E-state index contributed by atoms with van der Waals surface area (Å²) in [5, 5.41) is 10.8. The number of carbonyl (C=O) groups excluding carboxylic acids is 1. The van der Waals surface area contributed by atoms with Crippen LogP contribution in [0.5, 0.6) is 11.5 Å². The Morgan fingerprint density at radius 3 is 2.70 bits per heavy atom. The predicted molar refractivity (Wildman–Crippen MR) is 114 cm³/mol. The van der Waals surface area contributed by atoms with Crippen molar-refractivity contribution in [1.29, 1.82) is 0 Å². The van der Waals surface area contributed by atoms with Gasteiger partial charge in [-0.2, -0.15) is 10.1 Å². The molecule has 0 bridgehead atoms. The lowest BCUT2D eigenvalue weighted by Crippen LogP contribution is -2.31. The summed E-state index contributed by atoms with van der Waals surface area (Å²) in [6, 6.07) is 12.0. The van der Waals surface area contributed by atoms with Crippen molar-refractivity contribution in [3.05, 3.63) is 70.6 Å². The molecule has 3 aromatic rings. The third kappa shape index (κ3) is 3.35. The number of nitrogens with one attached hydrogen (secondary N) is 2. The van der Waals surface area contributed by atoms with E-state index >= 15 is 0 Å². The smallest absolute Gasteiger partial charge is 0.255 e. The molecule has 0 radical (unpaired) electrons. The van der Waals surface area contributed by atoms with Crippen molar-refractivity contribution in [2.45, 2.75) is 13.0 Å². The Balaban J connectivity index is 1.84. The maximum Gasteiger partial charge on any atom is 0.255 e. The molecule has 4 rings (SSSR count). The Hall–Kier alpha value is -3.52. The van der Waals surface area contributed by atoms with Gasteiger partial charge in [-0.25, -0.2) is 4.68 Å². The highest BCUT2D eigenvalue weighted by molar-refractivity contribution is 6.33. The van der Waals surface area contributed by atoms with Gasteiger partial charge in [-0.1, -0.05) is 35.9 Å². The second-order valence-corrected chi connectivity index (χ2v) is 7.02. The summed E-state index contributed by atoms with van der Waals surface area (Å²) in [6.45, 7) is 1.82. The molecule has 2 N–H and O–H groups in total. The Kier molecular flexibility index (Phi) is 5.33. The van der Waals surface area contributed by atoms with Gasteiger partial charge in [0, 0.05) is 11.3 Å². The van der Waals surface area contributed by atoms with E-state index in [1.807, 2.05) is 19.1 Å². The molecule has 2 aromatic carbocycles. The molecule has 1 aliphatic heterocycles. The van der Waals surface area contributed by atoms with E-state index < -0.39 is 6.04 Å². The molecule has 30 heavy (non-hydrogen) atoms. The largest absolute Gasteiger partial charge is 0.493 e. The lowest BCUT2D eigenvalue weighted by atomic mass is 9.94. The fourth-order valence-corrected chi connectivity index (χ4v) is 3.74. The molecule has 0 saturated heterocycles. The van der Waals surface area contributed by atoms with Crippen LogP contribution in [0.25, 0.3) is 0 Å². The minimum atomic E-state index is -0.587. The minimum absolute atomic E-state index is 0.316. The van der Waals surface area contributed by atoms with Gasteiger partial charge >= 0.3 is 0 Å². The Bertz CT molecular complexity index is 1140. The van der Waals surface area contributed by atoms with E-state index in [-0.39, 0.29) is 5.91 Å². The predicted octanol–water partition coefficient (Wildman–Crippen LogP) is 3.88. The van der Waals surface area contributed by atoms with Crippen LogP contribution in [0.15, 0.2) is 60.1 Å². The zero-order valence-corrected chi connectivity index (χ0v) is 17.4. The van der Waals surface area contributed by atoms with Crippen molar-refractivity contribution in [3.8, 4) is 11.5 Å². The fraction of sp³-hybridized carbons (Fsp3) is 0.190. The average molecular weight is 426 g/mol. The Morgan fingerprint density at radius 2 is 1.97 bits per heavy atom. The number of amides is 1. The number of nitrogens with zero attached hydrogens (tertiary/aromatic N) is 3. The van der Waals surface area contributed by atoms with Gasteiger partial charge < -0.3 is 20.1 Å². The SMILES string of the molecule is COc1cccc(C2C(C(=O)Nc3ccccc3Cl)=C(C)Nc3ncnn32)c1OC. The second-order valence-electron chi connectivity index (χ2n) is 6.61. The number of hydrogen-bond acceptors (Lipinski definition) is 6. The Morgan fingerprint density at radius 1 is 1.17 bits per heavy atom. The first-order valence-electron chi connectivity index (χ1n) is 9.19. The number of aromatic nitrogens is 3. The number of methoxy groups -OCH3 is 2. The highest BCUT2D eigenvalue weighted by atomic mass is 35.5. The van der Waals surface area contributed by atoms with E-state index in [1.54, 1.807) is 49.2 Å². The number of halogens is 1. The van der Waals surface area contributed by atoms with E-state index in [9.17, 15) is 4.79 Å². The summed E-state index contributed by atoms with van der Waals surface area (Å²) < 4.78 is 12.7. The number of carbonyl (C=O) groups is 1. The summed E-state index contributed by atoms with van der Waals surface area (Å²) in [7, 11) is 3.13. The number of allylic oxidation sites excluding steroid dienone is 1. The number of rotatable bonds is 5. The van der Waals surface area contributed by atoms with E-state index in [1.165, 1.54) is 6.33 Å². The summed E-state index contributed by atoms with van der Waals surface area (Å²) in [5.74, 6) is 1.28. The average Bonchev–Trinajstić information content (AvgIpc) is 3.21. The first kappa shape index (κ1) is 19.8. The molecule has 2 heterocycles. The van der Waals surface area contributed by atoms with Crippen LogP contribution in [0, 0.1) is 0 Å². The molecular formula is C21H20ClN5O3. The van der Waals surface area contributed by atoms with Gasteiger partial charge in [0.2, 0.25) is 5.95 Å². The van der Waals surface area contributed by atoms with Crippen LogP contribution in [0.1, 0.15) is 18.5 Å².